The van der Waals surface area contributed by atoms with E-state index < -0.39 is 0 Å². The number of halogens is 3. The third-order valence-corrected chi connectivity index (χ3v) is 4.17. The topological polar surface area (TPSA) is 32.3 Å². The molecule has 0 saturated heterocycles. The highest BCUT2D eigenvalue weighted by atomic mass is 35.5. The maximum Gasteiger partial charge on any atom is 0.0681 e. The van der Waals surface area contributed by atoms with Crippen molar-refractivity contribution in [3.05, 3.63) is 68.2 Å². The fraction of sp³-hybridized carbons (Fsp3) is 0.200. The van der Waals surface area contributed by atoms with Gasteiger partial charge >= 0.3 is 0 Å². The first-order valence-corrected chi connectivity index (χ1v) is 7.27. The van der Waals surface area contributed by atoms with Crippen LogP contribution in [0.15, 0.2) is 36.4 Å². The average Bonchev–Trinajstić information content (AvgIpc) is 2.47. The smallest absolute Gasteiger partial charge is 0.0681 e. The van der Waals surface area contributed by atoms with Crippen LogP contribution in [0.5, 0.6) is 0 Å². The summed E-state index contributed by atoms with van der Waals surface area (Å²) in [6.07, 6.45) is 0. The van der Waals surface area contributed by atoms with Gasteiger partial charge in [-0.1, -0.05) is 59.1 Å². The summed E-state index contributed by atoms with van der Waals surface area (Å²) in [5.41, 5.74) is 2.82. The first kappa shape index (κ1) is 15.6. The van der Waals surface area contributed by atoms with Gasteiger partial charge in [0.15, 0.2) is 0 Å². The summed E-state index contributed by atoms with van der Waals surface area (Å²) in [5, 5.41) is 13.8. The molecule has 0 unspecified atom stereocenters. The van der Waals surface area contributed by atoms with Crippen molar-refractivity contribution in [2.75, 3.05) is 0 Å². The molecule has 0 atom stereocenters. The van der Waals surface area contributed by atoms with Crippen molar-refractivity contribution in [2.24, 2.45) is 0 Å². The number of hydrogen-bond donors (Lipinski definition) is 2. The van der Waals surface area contributed by atoms with E-state index in [4.69, 9.17) is 39.9 Å². The quantitative estimate of drug-likeness (QED) is 0.795. The van der Waals surface area contributed by atoms with E-state index in [2.05, 4.69) is 5.32 Å². The normalized spacial score (nSPS) is 10.8. The second kappa shape index (κ2) is 7.30. The Morgan fingerprint density at radius 2 is 1.40 bits per heavy atom. The lowest BCUT2D eigenvalue weighted by Crippen LogP contribution is -2.13. The third kappa shape index (κ3) is 3.87. The predicted octanol–water partition coefficient (Wildman–Crippen LogP) is 4.43. The maximum absolute atomic E-state index is 8.98. The van der Waals surface area contributed by atoms with Gasteiger partial charge in [-0.05, 0) is 23.3 Å². The van der Waals surface area contributed by atoms with Gasteiger partial charge in [0, 0.05) is 23.7 Å². The lowest BCUT2D eigenvalue weighted by atomic mass is 10.1. The van der Waals surface area contributed by atoms with E-state index in [1.807, 2.05) is 24.3 Å². The Morgan fingerprint density at radius 1 is 0.800 bits per heavy atom. The molecule has 2 rings (SSSR count). The minimum Gasteiger partial charge on any atom is -0.392 e. The minimum absolute atomic E-state index is 0.0570. The van der Waals surface area contributed by atoms with Crippen LogP contribution in [0.3, 0.4) is 0 Å². The van der Waals surface area contributed by atoms with Gasteiger partial charge in [-0.3, -0.25) is 0 Å². The molecule has 106 valence electrons. The number of hydrogen-bond acceptors (Lipinski definition) is 2. The van der Waals surface area contributed by atoms with E-state index in [1.165, 1.54) is 0 Å². The highest BCUT2D eigenvalue weighted by Gasteiger charge is 2.09. The van der Waals surface area contributed by atoms with E-state index in [9.17, 15) is 0 Å². The van der Waals surface area contributed by atoms with Crippen LogP contribution in [-0.2, 0) is 19.7 Å². The van der Waals surface area contributed by atoms with Gasteiger partial charge in [0.2, 0.25) is 0 Å². The van der Waals surface area contributed by atoms with E-state index >= 15 is 0 Å². The van der Waals surface area contributed by atoms with Crippen molar-refractivity contribution in [1.82, 2.24) is 5.32 Å². The number of nitrogens with one attached hydrogen (secondary N) is 1. The zero-order valence-electron chi connectivity index (χ0n) is 10.7. The minimum atomic E-state index is 0.0570. The SMILES string of the molecule is OCc1ccc(CNCc2c(Cl)ccc(Cl)c2Cl)cc1. The van der Waals surface area contributed by atoms with Gasteiger partial charge in [-0.2, -0.15) is 0 Å². The average molecular weight is 331 g/mol. The Labute approximate surface area is 133 Å². The van der Waals surface area contributed by atoms with Crippen LogP contribution in [0.1, 0.15) is 16.7 Å². The Bertz CT molecular complexity index is 584. The lowest BCUT2D eigenvalue weighted by Gasteiger charge is -2.10. The summed E-state index contributed by atoms with van der Waals surface area (Å²) in [6, 6.07) is 11.2. The van der Waals surface area contributed by atoms with Crippen molar-refractivity contribution >= 4 is 34.8 Å². The van der Waals surface area contributed by atoms with Crippen LogP contribution < -0.4 is 5.32 Å². The molecular weight excluding hydrogens is 317 g/mol. The maximum atomic E-state index is 8.98. The highest BCUT2D eigenvalue weighted by molar-refractivity contribution is 6.44. The molecule has 0 aromatic heterocycles. The Morgan fingerprint density at radius 3 is 2.05 bits per heavy atom. The standard InChI is InChI=1S/C15H14Cl3NO/c16-13-5-6-14(17)15(18)12(13)8-19-7-10-1-3-11(9-20)4-2-10/h1-6,19-20H,7-9H2. The number of aliphatic hydroxyl groups is 1. The summed E-state index contributed by atoms with van der Waals surface area (Å²) >= 11 is 18.2. The molecule has 0 amide bonds. The van der Waals surface area contributed by atoms with Crippen LogP contribution in [0, 0.1) is 0 Å². The molecule has 0 bridgehead atoms. The van der Waals surface area contributed by atoms with Crippen LogP contribution in [-0.4, -0.2) is 5.11 Å². The summed E-state index contributed by atoms with van der Waals surface area (Å²) < 4.78 is 0. The second-order valence-corrected chi connectivity index (χ2v) is 5.59. The molecule has 20 heavy (non-hydrogen) atoms. The monoisotopic (exact) mass is 329 g/mol. The van der Waals surface area contributed by atoms with Crippen LogP contribution in [0.4, 0.5) is 0 Å². The Balaban J connectivity index is 1.97. The molecule has 2 aromatic carbocycles. The van der Waals surface area contributed by atoms with Gasteiger partial charge in [-0.25, -0.2) is 0 Å². The van der Waals surface area contributed by atoms with Gasteiger partial charge in [0.25, 0.3) is 0 Å². The van der Waals surface area contributed by atoms with Crippen molar-refractivity contribution in [1.29, 1.82) is 0 Å². The second-order valence-electron chi connectivity index (χ2n) is 4.40. The van der Waals surface area contributed by atoms with Crippen LogP contribution >= 0.6 is 34.8 Å². The van der Waals surface area contributed by atoms with E-state index in [0.717, 1.165) is 16.7 Å². The largest absolute Gasteiger partial charge is 0.392 e. The van der Waals surface area contributed by atoms with Crippen LogP contribution in [0.2, 0.25) is 15.1 Å². The lowest BCUT2D eigenvalue weighted by molar-refractivity contribution is 0.282. The van der Waals surface area contributed by atoms with E-state index in [-0.39, 0.29) is 6.61 Å². The van der Waals surface area contributed by atoms with Crippen molar-refractivity contribution in [2.45, 2.75) is 19.7 Å². The predicted molar refractivity (Wildman–Crippen MR) is 84.4 cm³/mol. The first-order valence-electron chi connectivity index (χ1n) is 6.13. The van der Waals surface area contributed by atoms with Crippen molar-refractivity contribution < 1.29 is 5.11 Å². The zero-order valence-corrected chi connectivity index (χ0v) is 12.9. The fourth-order valence-electron chi connectivity index (χ4n) is 1.83. The van der Waals surface area contributed by atoms with Gasteiger partial charge in [0.05, 0.1) is 16.7 Å². The third-order valence-electron chi connectivity index (χ3n) is 2.98. The molecule has 0 radical (unpaired) electrons. The molecular formula is C15H14Cl3NO. The molecule has 2 nitrogen and oxygen atoms in total. The van der Waals surface area contributed by atoms with E-state index in [0.29, 0.717) is 28.2 Å². The molecule has 0 spiro atoms. The summed E-state index contributed by atoms with van der Waals surface area (Å²) in [5.74, 6) is 0. The molecule has 5 heteroatoms. The van der Waals surface area contributed by atoms with Crippen molar-refractivity contribution in [3.63, 3.8) is 0 Å². The first-order chi connectivity index (χ1) is 9.61. The molecule has 0 aliphatic carbocycles. The zero-order chi connectivity index (χ0) is 14.5. The number of aliphatic hydroxyl groups excluding tert-OH is 1. The summed E-state index contributed by atoms with van der Waals surface area (Å²) in [7, 11) is 0. The molecule has 0 aliphatic heterocycles. The molecule has 0 aliphatic rings. The van der Waals surface area contributed by atoms with E-state index in [1.54, 1.807) is 12.1 Å². The van der Waals surface area contributed by atoms with Gasteiger partial charge in [0.1, 0.15) is 0 Å². The molecule has 0 saturated carbocycles. The number of rotatable bonds is 5. The summed E-state index contributed by atoms with van der Waals surface area (Å²) in [4.78, 5) is 0. The molecule has 2 N–H and O–H groups in total. The molecule has 0 heterocycles. The summed E-state index contributed by atoms with van der Waals surface area (Å²) in [6.45, 7) is 1.28. The Kier molecular flexibility index (Phi) is 5.70. The fourth-order valence-corrected chi connectivity index (χ4v) is 2.51. The van der Waals surface area contributed by atoms with Crippen LogP contribution in [0.25, 0.3) is 0 Å². The van der Waals surface area contributed by atoms with Gasteiger partial charge in [-0.15, -0.1) is 0 Å². The number of benzene rings is 2. The highest BCUT2D eigenvalue weighted by Crippen LogP contribution is 2.31. The molecule has 0 fully saturated rings. The van der Waals surface area contributed by atoms with Gasteiger partial charge < -0.3 is 10.4 Å². The van der Waals surface area contributed by atoms with Crippen molar-refractivity contribution in [3.8, 4) is 0 Å². The molecule has 2 aromatic rings. The Hall–Kier alpha value is -0.770.